The molecule has 1 N–H and O–H groups in total. The van der Waals surface area contributed by atoms with Gasteiger partial charge in [0, 0.05) is 18.0 Å². The van der Waals surface area contributed by atoms with Crippen molar-refractivity contribution < 1.29 is 8.42 Å². The van der Waals surface area contributed by atoms with E-state index in [1.165, 1.54) is 4.31 Å². The van der Waals surface area contributed by atoms with Crippen molar-refractivity contribution in [1.29, 1.82) is 0 Å². The van der Waals surface area contributed by atoms with Gasteiger partial charge in [0.15, 0.2) is 0 Å². The van der Waals surface area contributed by atoms with Gasteiger partial charge < -0.3 is 5.32 Å². The lowest BCUT2D eigenvalue weighted by Crippen LogP contribution is -2.33. The SMILES string of the molecule is CC(C)NCCCS(=O)(=O)N(C)C(C)c1cccs1. The Morgan fingerprint density at radius 2 is 2.05 bits per heavy atom. The largest absolute Gasteiger partial charge is 0.314 e. The first-order chi connectivity index (χ1) is 8.84. The molecule has 4 nitrogen and oxygen atoms in total. The Bertz CT molecular complexity index is 455. The average Bonchev–Trinajstić information content (AvgIpc) is 2.86. The molecule has 1 unspecified atom stereocenters. The molecule has 1 atom stereocenters. The molecule has 0 radical (unpaired) electrons. The van der Waals surface area contributed by atoms with E-state index in [4.69, 9.17) is 0 Å². The molecule has 0 saturated carbocycles. The minimum atomic E-state index is -3.18. The van der Waals surface area contributed by atoms with Crippen LogP contribution in [-0.2, 0) is 10.0 Å². The zero-order valence-electron chi connectivity index (χ0n) is 12.1. The third kappa shape index (κ3) is 5.22. The van der Waals surface area contributed by atoms with Crippen molar-refractivity contribution in [3.8, 4) is 0 Å². The smallest absolute Gasteiger partial charge is 0.214 e. The van der Waals surface area contributed by atoms with Gasteiger partial charge in [-0.1, -0.05) is 19.9 Å². The molecule has 0 aliphatic rings. The van der Waals surface area contributed by atoms with E-state index in [-0.39, 0.29) is 11.8 Å². The molecule has 6 heteroatoms. The summed E-state index contributed by atoms with van der Waals surface area (Å²) in [6, 6.07) is 4.22. The van der Waals surface area contributed by atoms with Gasteiger partial charge in [0.25, 0.3) is 0 Å². The van der Waals surface area contributed by atoms with E-state index < -0.39 is 10.0 Å². The number of nitrogens with zero attached hydrogens (tertiary/aromatic N) is 1. The summed E-state index contributed by atoms with van der Waals surface area (Å²) in [4.78, 5) is 1.08. The number of rotatable bonds is 8. The summed E-state index contributed by atoms with van der Waals surface area (Å²) in [5.41, 5.74) is 0. The number of thiophene rings is 1. The fourth-order valence-electron chi connectivity index (χ4n) is 1.74. The lowest BCUT2D eigenvalue weighted by molar-refractivity contribution is 0.401. The van der Waals surface area contributed by atoms with Crippen LogP contribution >= 0.6 is 11.3 Å². The maximum absolute atomic E-state index is 12.2. The second kappa shape index (κ2) is 7.38. The van der Waals surface area contributed by atoms with Crippen LogP contribution in [0.25, 0.3) is 0 Å². The van der Waals surface area contributed by atoms with E-state index in [2.05, 4.69) is 19.2 Å². The molecule has 0 bridgehead atoms. The van der Waals surface area contributed by atoms with Crippen LogP contribution in [0.4, 0.5) is 0 Å². The molecule has 0 saturated heterocycles. The number of nitrogens with one attached hydrogen (secondary N) is 1. The monoisotopic (exact) mass is 304 g/mol. The summed E-state index contributed by atoms with van der Waals surface area (Å²) in [6.45, 7) is 6.77. The van der Waals surface area contributed by atoms with Crippen molar-refractivity contribution in [2.24, 2.45) is 0 Å². The molecule has 1 aromatic heterocycles. The minimum absolute atomic E-state index is 0.0944. The third-order valence-electron chi connectivity index (χ3n) is 3.07. The first-order valence-corrected chi connectivity index (χ1v) is 9.06. The van der Waals surface area contributed by atoms with Crippen LogP contribution in [0.2, 0.25) is 0 Å². The number of hydrogen-bond acceptors (Lipinski definition) is 4. The van der Waals surface area contributed by atoms with Crippen molar-refractivity contribution in [3.63, 3.8) is 0 Å². The van der Waals surface area contributed by atoms with Crippen molar-refractivity contribution in [3.05, 3.63) is 22.4 Å². The molecule has 1 heterocycles. The maximum Gasteiger partial charge on any atom is 0.214 e. The first-order valence-electron chi connectivity index (χ1n) is 6.57. The Kier molecular flexibility index (Phi) is 6.46. The Labute approximate surface area is 120 Å². The fourth-order valence-corrected chi connectivity index (χ4v) is 4.02. The van der Waals surface area contributed by atoms with E-state index in [0.29, 0.717) is 12.5 Å². The Balaban J connectivity index is 2.52. The predicted octanol–water partition coefficient (Wildman–Crippen LogP) is 2.46. The predicted molar refractivity (Wildman–Crippen MR) is 82.0 cm³/mol. The molecule has 0 amide bonds. The lowest BCUT2D eigenvalue weighted by atomic mass is 10.3. The average molecular weight is 304 g/mol. The summed E-state index contributed by atoms with van der Waals surface area (Å²) < 4.78 is 25.9. The van der Waals surface area contributed by atoms with E-state index in [1.54, 1.807) is 18.4 Å². The number of hydrogen-bond donors (Lipinski definition) is 1. The van der Waals surface area contributed by atoms with Crippen LogP contribution in [0.5, 0.6) is 0 Å². The molecule has 0 aliphatic heterocycles. The lowest BCUT2D eigenvalue weighted by Gasteiger charge is -2.23. The van der Waals surface area contributed by atoms with E-state index >= 15 is 0 Å². The van der Waals surface area contributed by atoms with Crippen LogP contribution in [0.3, 0.4) is 0 Å². The van der Waals surface area contributed by atoms with Gasteiger partial charge in [-0.3, -0.25) is 0 Å². The standard InChI is InChI=1S/C13H24N2O2S2/c1-11(2)14-8-6-10-19(16,17)15(4)12(3)13-7-5-9-18-13/h5,7,9,11-12,14H,6,8,10H2,1-4H3. The van der Waals surface area contributed by atoms with Gasteiger partial charge in [-0.25, -0.2) is 8.42 Å². The summed E-state index contributed by atoms with van der Waals surface area (Å²) in [6.07, 6.45) is 0.641. The van der Waals surface area contributed by atoms with E-state index in [9.17, 15) is 8.42 Å². The molecule has 1 aromatic rings. The Hall–Kier alpha value is -0.430. The Morgan fingerprint density at radius 1 is 1.37 bits per heavy atom. The number of sulfonamides is 1. The van der Waals surface area contributed by atoms with Crippen LogP contribution < -0.4 is 5.32 Å². The summed E-state index contributed by atoms with van der Waals surface area (Å²) in [5, 5.41) is 5.20. The maximum atomic E-state index is 12.2. The van der Waals surface area contributed by atoms with Gasteiger partial charge in [0.05, 0.1) is 11.8 Å². The molecule has 110 valence electrons. The van der Waals surface area contributed by atoms with Crippen molar-refractivity contribution in [2.75, 3.05) is 19.3 Å². The van der Waals surface area contributed by atoms with Gasteiger partial charge >= 0.3 is 0 Å². The Morgan fingerprint density at radius 3 is 2.58 bits per heavy atom. The van der Waals surface area contributed by atoms with E-state index in [0.717, 1.165) is 11.4 Å². The minimum Gasteiger partial charge on any atom is -0.314 e. The van der Waals surface area contributed by atoms with Gasteiger partial charge in [-0.05, 0) is 31.3 Å². The van der Waals surface area contributed by atoms with Crippen LogP contribution in [-0.4, -0.2) is 38.1 Å². The van der Waals surface area contributed by atoms with Crippen molar-refractivity contribution in [1.82, 2.24) is 9.62 Å². The van der Waals surface area contributed by atoms with Gasteiger partial charge in [-0.15, -0.1) is 11.3 Å². The van der Waals surface area contributed by atoms with E-state index in [1.807, 2.05) is 24.4 Å². The van der Waals surface area contributed by atoms with Crippen LogP contribution in [0.15, 0.2) is 17.5 Å². The third-order valence-corrected chi connectivity index (χ3v) is 6.11. The molecule has 1 rings (SSSR count). The summed E-state index contributed by atoms with van der Waals surface area (Å²) in [5.74, 6) is 0.193. The quantitative estimate of drug-likeness (QED) is 0.751. The topological polar surface area (TPSA) is 49.4 Å². The van der Waals surface area contributed by atoms with Crippen LogP contribution in [0, 0.1) is 0 Å². The summed E-state index contributed by atoms with van der Waals surface area (Å²) in [7, 11) is -1.52. The molecule has 0 aromatic carbocycles. The van der Waals surface area contributed by atoms with Gasteiger partial charge in [-0.2, -0.15) is 4.31 Å². The van der Waals surface area contributed by atoms with Gasteiger partial charge in [0.1, 0.15) is 0 Å². The zero-order valence-corrected chi connectivity index (χ0v) is 13.7. The van der Waals surface area contributed by atoms with Gasteiger partial charge in [0.2, 0.25) is 10.0 Å². The molecule has 19 heavy (non-hydrogen) atoms. The fraction of sp³-hybridized carbons (Fsp3) is 0.692. The first kappa shape index (κ1) is 16.6. The zero-order chi connectivity index (χ0) is 14.5. The highest BCUT2D eigenvalue weighted by molar-refractivity contribution is 7.89. The molecule has 0 spiro atoms. The second-order valence-corrected chi connectivity index (χ2v) is 8.11. The highest BCUT2D eigenvalue weighted by Gasteiger charge is 2.24. The van der Waals surface area contributed by atoms with Crippen LogP contribution in [0.1, 0.15) is 38.1 Å². The molecular weight excluding hydrogens is 280 g/mol. The second-order valence-electron chi connectivity index (χ2n) is 4.99. The van der Waals surface area contributed by atoms with Crippen molar-refractivity contribution >= 4 is 21.4 Å². The normalized spacial score (nSPS) is 14.2. The molecule has 0 aliphatic carbocycles. The highest BCUT2D eigenvalue weighted by Crippen LogP contribution is 2.25. The highest BCUT2D eigenvalue weighted by atomic mass is 32.2. The molecule has 0 fully saturated rings. The molecular formula is C13H24N2O2S2. The summed E-state index contributed by atoms with van der Waals surface area (Å²) >= 11 is 1.59. The van der Waals surface area contributed by atoms with Crippen molar-refractivity contribution in [2.45, 2.75) is 39.3 Å².